The first-order valence-electron chi connectivity index (χ1n) is 9.97. The summed E-state index contributed by atoms with van der Waals surface area (Å²) in [5, 5.41) is 4.06. The Kier molecular flexibility index (Phi) is 6.21. The summed E-state index contributed by atoms with van der Waals surface area (Å²) in [5.41, 5.74) is -0.172. The van der Waals surface area contributed by atoms with Gasteiger partial charge in [0.1, 0.15) is 11.6 Å². The van der Waals surface area contributed by atoms with Gasteiger partial charge in [-0.25, -0.2) is 4.98 Å². The van der Waals surface area contributed by atoms with Gasteiger partial charge in [0, 0.05) is 26.3 Å². The first-order chi connectivity index (χ1) is 15.6. The molecule has 1 aromatic carbocycles. The monoisotopic (exact) mass is 484 g/mol. The van der Waals surface area contributed by atoms with Crippen molar-refractivity contribution in [2.24, 2.45) is 5.92 Å². The number of nitrogens with one attached hydrogen (secondary N) is 1. The molecule has 0 saturated carbocycles. The van der Waals surface area contributed by atoms with Gasteiger partial charge < -0.3 is 10.1 Å². The molecular formula is C21H20ClF3N4O4. The number of alkyl halides is 3. The Labute approximate surface area is 192 Å². The quantitative estimate of drug-likeness (QED) is 0.631. The number of methoxy groups -OCH3 is 1. The molecule has 1 aromatic heterocycles. The number of amides is 2. The molecule has 1 N–H and O–H groups in total. The van der Waals surface area contributed by atoms with Crippen molar-refractivity contribution in [2.45, 2.75) is 18.3 Å². The molecule has 4 rings (SSSR count). The number of hydrogen-bond donors (Lipinski definition) is 1. The molecule has 2 saturated heterocycles. The fourth-order valence-corrected chi connectivity index (χ4v) is 4.29. The average Bonchev–Trinajstić information content (AvgIpc) is 3.23. The number of benzene rings is 1. The Hall–Kier alpha value is -2.89. The number of halogens is 4. The van der Waals surface area contributed by atoms with Crippen LogP contribution in [0.3, 0.4) is 0 Å². The van der Waals surface area contributed by atoms with E-state index in [2.05, 4.69) is 10.3 Å². The molecule has 12 heteroatoms. The van der Waals surface area contributed by atoms with Crippen LogP contribution in [0, 0.1) is 5.92 Å². The van der Waals surface area contributed by atoms with E-state index in [1.165, 1.54) is 5.06 Å². The highest BCUT2D eigenvalue weighted by molar-refractivity contribution is 6.33. The molecule has 0 bridgehead atoms. The summed E-state index contributed by atoms with van der Waals surface area (Å²) in [6.07, 6.45) is -4.84. The molecule has 2 aliphatic heterocycles. The third-order valence-electron chi connectivity index (χ3n) is 5.65. The molecule has 2 aromatic rings. The second-order valence-electron chi connectivity index (χ2n) is 7.62. The minimum atomic E-state index is -4.56. The zero-order valence-electron chi connectivity index (χ0n) is 17.6. The summed E-state index contributed by atoms with van der Waals surface area (Å²) in [5.74, 6) is -0.891. The molecule has 176 valence electrons. The highest BCUT2D eigenvalue weighted by atomic mass is 35.5. The number of hydroxylamine groups is 2. The van der Waals surface area contributed by atoms with Gasteiger partial charge in [0.25, 0.3) is 5.91 Å². The van der Waals surface area contributed by atoms with E-state index in [1.807, 2.05) is 12.1 Å². The Morgan fingerprint density at radius 2 is 1.91 bits per heavy atom. The lowest BCUT2D eigenvalue weighted by Crippen LogP contribution is -2.39. The summed E-state index contributed by atoms with van der Waals surface area (Å²) in [4.78, 5) is 36.4. The minimum Gasteiger partial charge on any atom is -0.497 e. The predicted octanol–water partition coefficient (Wildman–Crippen LogP) is 3.15. The van der Waals surface area contributed by atoms with E-state index in [9.17, 15) is 22.8 Å². The molecule has 0 spiro atoms. The number of carbonyl (C=O) groups is 2. The summed E-state index contributed by atoms with van der Waals surface area (Å²) in [6, 6.07) is 7.45. The van der Waals surface area contributed by atoms with Gasteiger partial charge in [0.2, 0.25) is 5.91 Å². The molecule has 3 unspecified atom stereocenters. The second kappa shape index (κ2) is 8.81. The fraction of sp³-hybridized carbons (Fsp3) is 0.381. The predicted molar refractivity (Wildman–Crippen MR) is 111 cm³/mol. The third-order valence-corrected chi connectivity index (χ3v) is 5.94. The SMILES string of the molecule is COc1ccc(C2C3C(=O)N(CCNc4ncc(C(F)(F)F)cc4Cl)C(=O)C3ON2C)cc1. The first kappa shape index (κ1) is 23.3. The van der Waals surface area contributed by atoms with Crippen LogP contribution in [-0.4, -0.2) is 60.1 Å². The molecule has 33 heavy (non-hydrogen) atoms. The Balaban J connectivity index is 1.43. The molecule has 0 radical (unpaired) electrons. The summed E-state index contributed by atoms with van der Waals surface area (Å²) >= 11 is 5.88. The largest absolute Gasteiger partial charge is 0.497 e. The molecule has 3 heterocycles. The van der Waals surface area contributed by atoms with Gasteiger partial charge in [0.15, 0.2) is 6.10 Å². The van der Waals surface area contributed by atoms with Crippen molar-refractivity contribution in [1.82, 2.24) is 14.9 Å². The van der Waals surface area contributed by atoms with Crippen molar-refractivity contribution in [1.29, 1.82) is 0 Å². The van der Waals surface area contributed by atoms with E-state index in [0.29, 0.717) is 11.9 Å². The number of ether oxygens (including phenoxy) is 1. The van der Waals surface area contributed by atoms with Crippen molar-refractivity contribution < 1.29 is 32.3 Å². The Morgan fingerprint density at radius 3 is 2.52 bits per heavy atom. The van der Waals surface area contributed by atoms with Gasteiger partial charge in [-0.1, -0.05) is 23.7 Å². The van der Waals surface area contributed by atoms with Gasteiger partial charge in [-0.3, -0.25) is 19.3 Å². The van der Waals surface area contributed by atoms with Crippen LogP contribution in [0.1, 0.15) is 17.2 Å². The van der Waals surface area contributed by atoms with Crippen molar-refractivity contribution >= 4 is 29.2 Å². The number of rotatable bonds is 6. The third kappa shape index (κ3) is 4.35. The van der Waals surface area contributed by atoms with Crippen LogP contribution in [0.2, 0.25) is 5.02 Å². The standard InChI is InChI=1S/C21H20ClF3N4O4/c1-28-16(11-3-5-13(32-2)6-4-11)15-17(33-28)20(31)29(19(15)30)8-7-26-18-14(22)9-12(10-27-18)21(23,24)25/h3-6,9-10,15-17H,7-8H2,1-2H3,(H,26,27). The smallest absolute Gasteiger partial charge is 0.417 e. The summed E-state index contributed by atoms with van der Waals surface area (Å²) in [7, 11) is 3.21. The number of aromatic nitrogens is 1. The normalized spacial score (nSPS) is 23.2. The van der Waals surface area contributed by atoms with Crippen LogP contribution in [0.5, 0.6) is 5.75 Å². The number of carbonyl (C=O) groups excluding carboxylic acids is 2. The maximum absolute atomic E-state index is 13.1. The van der Waals surface area contributed by atoms with Crippen molar-refractivity contribution in [3.05, 3.63) is 52.7 Å². The topological polar surface area (TPSA) is 84.0 Å². The van der Waals surface area contributed by atoms with Crippen molar-refractivity contribution in [2.75, 3.05) is 32.6 Å². The zero-order valence-corrected chi connectivity index (χ0v) is 18.4. The number of imide groups is 1. The van der Waals surface area contributed by atoms with Gasteiger partial charge in [-0.15, -0.1) is 0 Å². The number of pyridine rings is 1. The Bertz CT molecular complexity index is 1070. The lowest BCUT2D eigenvalue weighted by molar-refractivity contribution is -0.169. The van der Waals surface area contributed by atoms with Crippen molar-refractivity contribution in [3.63, 3.8) is 0 Å². The van der Waals surface area contributed by atoms with E-state index >= 15 is 0 Å². The maximum atomic E-state index is 13.1. The van der Waals surface area contributed by atoms with Gasteiger partial charge in [-0.05, 0) is 23.8 Å². The fourth-order valence-electron chi connectivity index (χ4n) is 4.06. The summed E-state index contributed by atoms with van der Waals surface area (Å²) in [6.45, 7) is 0.0319. The highest BCUT2D eigenvalue weighted by Gasteiger charge is 2.58. The zero-order chi connectivity index (χ0) is 23.9. The molecule has 8 nitrogen and oxygen atoms in total. The number of hydrogen-bond acceptors (Lipinski definition) is 7. The molecule has 2 amide bonds. The van der Waals surface area contributed by atoms with E-state index in [4.69, 9.17) is 21.2 Å². The first-order valence-corrected chi connectivity index (χ1v) is 10.3. The van der Waals surface area contributed by atoms with E-state index in [1.54, 1.807) is 26.3 Å². The van der Waals surface area contributed by atoms with Crippen molar-refractivity contribution in [3.8, 4) is 5.75 Å². The van der Waals surface area contributed by atoms with E-state index < -0.39 is 35.7 Å². The highest BCUT2D eigenvalue weighted by Crippen LogP contribution is 2.43. The van der Waals surface area contributed by atoms with Gasteiger partial charge in [0.05, 0.1) is 29.7 Å². The lowest BCUT2D eigenvalue weighted by atomic mass is 9.91. The maximum Gasteiger partial charge on any atom is 0.417 e. The van der Waals surface area contributed by atoms with Crippen LogP contribution in [0.25, 0.3) is 0 Å². The van der Waals surface area contributed by atoms with Gasteiger partial charge >= 0.3 is 6.18 Å². The van der Waals surface area contributed by atoms with Crippen LogP contribution < -0.4 is 10.1 Å². The van der Waals surface area contributed by atoms with Crippen LogP contribution in [0.4, 0.5) is 19.0 Å². The number of nitrogens with zero attached hydrogens (tertiary/aromatic N) is 3. The molecule has 2 aliphatic rings. The number of fused-ring (bicyclic) bond motifs is 1. The van der Waals surface area contributed by atoms with Crippen LogP contribution >= 0.6 is 11.6 Å². The van der Waals surface area contributed by atoms with E-state index in [-0.39, 0.29) is 29.8 Å². The molecule has 3 atom stereocenters. The average molecular weight is 485 g/mol. The number of likely N-dealkylation sites (tertiary alicyclic amines) is 1. The lowest BCUT2D eigenvalue weighted by Gasteiger charge is -2.24. The number of anilines is 1. The van der Waals surface area contributed by atoms with E-state index in [0.717, 1.165) is 16.5 Å². The Morgan fingerprint density at radius 1 is 1.21 bits per heavy atom. The van der Waals surface area contributed by atoms with Crippen LogP contribution in [-0.2, 0) is 20.6 Å². The van der Waals surface area contributed by atoms with Crippen LogP contribution in [0.15, 0.2) is 36.5 Å². The molecular weight excluding hydrogens is 465 g/mol. The second-order valence-corrected chi connectivity index (χ2v) is 8.03. The minimum absolute atomic E-state index is 0.0217. The molecule has 0 aliphatic carbocycles. The summed E-state index contributed by atoms with van der Waals surface area (Å²) < 4.78 is 43.4. The molecule has 2 fully saturated rings. The van der Waals surface area contributed by atoms with Gasteiger partial charge in [-0.2, -0.15) is 18.2 Å².